The fourth-order valence-electron chi connectivity index (χ4n) is 2.04. The minimum atomic E-state index is -0.0901. The number of hydrogen-bond acceptors (Lipinski definition) is 2. The molecule has 0 radical (unpaired) electrons. The molecule has 0 spiro atoms. The van der Waals surface area contributed by atoms with Crippen LogP contribution in [0, 0.1) is 6.92 Å². The van der Waals surface area contributed by atoms with Crippen molar-refractivity contribution in [2.24, 2.45) is 5.73 Å². The average Bonchev–Trinajstić information content (AvgIpc) is 2.46. The van der Waals surface area contributed by atoms with Gasteiger partial charge in [0.25, 0.3) is 0 Å². The van der Waals surface area contributed by atoms with Gasteiger partial charge in [-0.15, -0.1) is 0 Å². The van der Waals surface area contributed by atoms with Crippen molar-refractivity contribution in [1.29, 1.82) is 0 Å². The molecule has 0 heterocycles. The minimum absolute atomic E-state index is 0.0901. The van der Waals surface area contributed by atoms with Crippen molar-refractivity contribution in [3.05, 3.63) is 65.2 Å². The zero-order chi connectivity index (χ0) is 13.7. The second kappa shape index (κ2) is 6.39. The van der Waals surface area contributed by atoms with Crippen LogP contribution in [0.2, 0.25) is 0 Å². The molecule has 0 aromatic heterocycles. The van der Waals surface area contributed by atoms with Crippen LogP contribution in [0.3, 0.4) is 0 Å². The van der Waals surface area contributed by atoms with E-state index in [9.17, 15) is 0 Å². The van der Waals surface area contributed by atoms with Gasteiger partial charge in [0.05, 0.1) is 0 Å². The minimum Gasteiger partial charge on any atom is -0.484 e. The molecule has 0 saturated heterocycles. The van der Waals surface area contributed by atoms with Crippen LogP contribution < -0.4 is 10.5 Å². The normalized spacial score (nSPS) is 12.2. The summed E-state index contributed by atoms with van der Waals surface area (Å²) in [5, 5.41) is 0. The first kappa shape index (κ1) is 13.6. The first-order chi connectivity index (χ1) is 9.22. The molecule has 2 aromatic carbocycles. The number of benzene rings is 2. The van der Waals surface area contributed by atoms with Crippen LogP contribution in [0.4, 0.5) is 0 Å². The highest BCUT2D eigenvalue weighted by molar-refractivity contribution is 5.30. The standard InChI is InChI=1S/C17H21NO/c1-3-14-5-4-6-16(11-14)19-17(12-18)15-9-7-13(2)8-10-15/h4-11,17H,3,12,18H2,1-2H3. The van der Waals surface area contributed by atoms with Crippen LogP contribution in [-0.2, 0) is 6.42 Å². The van der Waals surface area contributed by atoms with Crippen LogP contribution in [0.1, 0.15) is 29.7 Å². The lowest BCUT2D eigenvalue weighted by atomic mass is 10.1. The lowest BCUT2D eigenvalue weighted by Gasteiger charge is -2.18. The van der Waals surface area contributed by atoms with Gasteiger partial charge in [0.2, 0.25) is 0 Å². The molecule has 0 fully saturated rings. The van der Waals surface area contributed by atoms with E-state index in [2.05, 4.69) is 50.2 Å². The molecule has 2 rings (SSSR count). The van der Waals surface area contributed by atoms with Crippen LogP contribution in [0.5, 0.6) is 5.75 Å². The summed E-state index contributed by atoms with van der Waals surface area (Å²) in [5.41, 5.74) is 9.47. The average molecular weight is 255 g/mol. The lowest BCUT2D eigenvalue weighted by molar-refractivity contribution is 0.214. The smallest absolute Gasteiger partial charge is 0.136 e. The molecule has 2 N–H and O–H groups in total. The second-order valence-electron chi connectivity index (χ2n) is 4.75. The molecule has 0 aliphatic carbocycles. The van der Waals surface area contributed by atoms with Crippen molar-refractivity contribution < 1.29 is 4.74 Å². The Morgan fingerprint density at radius 3 is 2.47 bits per heavy atom. The Kier molecular flexibility index (Phi) is 4.58. The van der Waals surface area contributed by atoms with Crippen molar-refractivity contribution in [3.8, 4) is 5.75 Å². The third kappa shape index (κ3) is 3.58. The van der Waals surface area contributed by atoms with E-state index in [1.54, 1.807) is 0 Å². The van der Waals surface area contributed by atoms with Gasteiger partial charge in [-0.1, -0.05) is 48.9 Å². The molecular weight excluding hydrogens is 234 g/mol. The SMILES string of the molecule is CCc1cccc(OC(CN)c2ccc(C)cc2)c1. The van der Waals surface area contributed by atoms with E-state index >= 15 is 0 Å². The fourth-order valence-corrected chi connectivity index (χ4v) is 2.04. The predicted octanol–water partition coefficient (Wildman–Crippen LogP) is 3.64. The van der Waals surface area contributed by atoms with E-state index in [1.807, 2.05) is 12.1 Å². The van der Waals surface area contributed by atoms with Gasteiger partial charge in [-0.25, -0.2) is 0 Å². The van der Waals surface area contributed by atoms with Crippen molar-refractivity contribution in [2.75, 3.05) is 6.54 Å². The zero-order valence-corrected chi connectivity index (χ0v) is 11.6. The maximum Gasteiger partial charge on any atom is 0.136 e. The maximum absolute atomic E-state index is 6.01. The Morgan fingerprint density at radius 1 is 1.11 bits per heavy atom. The van der Waals surface area contributed by atoms with Crippen molar-refractivity contribution in [2.45, 2.75) is 26.4 Å². The number of aryl methyl sites for hydroxylation is 2. The number of nitrogens with two attached hydrogens (primary N) is 1. The Bertz CT molecular complexity index is 519. The molecule has 0 aliphatic heterocycles. The Morgan fingerprint density at radius 2 is 1.84 bits per heavy atom. The van der Waals surface area contributed by atoms with Crippen molar-refractivity contribution >= 4 is 0 Å². The number of rotatable bonds is 5. The van der Waals surface area contributed by atoms with Crippen LogP contribution in [0.15, 0.2) is 48.5 Å². The van der Waals surface area contributed by atoms with Gasteiger partial charge in [-0.2, -0.15) is 0 Å². The molecule has 2 heteroatoms. The van der Waals surface area contributed by atoms with Crippen LogP contribution in [0.25, 0.3) is 0 Å². The highest BCUT2D eigenvalue weighted by Gasteiger charge is 2.11. The molecule has 0 saturated carbocycles. The summed E-state index contributed by atoms with van der Waals surface area (Å²) in [4.78, 5) is 0. The zero-order valence-electron chi connectivity index (χ0n) is 11.6. The molecular formula is C17H21NO. The fraction of sp³-hybridized carbons (Fsp3) is 0.294. The monoisotopic (exact) mass is 255 g/mol. The van der Waals surface area contributed by atoms with Crippen molar-refractivity contribution in [3.63, 3.8) is 0 Å². The van der Waals surface area contributed by atoms with Gasteiger partial charge in [-0.3, -0.25) is 0 Å². The van der Waals surface area contributed by atoms with Gasteiger partial charge >= 0.3 is 0 Å². The van der Waals surface area contributed by atoms with Gasteiger partial charge < -0.3 is 10.5 Å². The first-order valence-corrected chi connectivity index (χ1v) is 6.75. The first-order valence-electron chi connectivity index (χ1n) is 6.75. The third-order valence-corrected chi connectivity index (χ3v) is 3.25. The molecule has 2 nitrogen and oxygen atoms in total. The molecule has 1 atom stereocenters. The summed E-state index contributed by atoms with van der Waals surface area (Å²) in [7, 11) is 0. The summed E-state index contributed by atoms with van der Waals surface area (Å²) >= 11 is 0. The van der Waals surface area contributed by atoms with E-state index < -0.39 is 0 Å². The van der Waals surface area contributed by atoms with Gasteiger partial charge in [0, 0.05) is 6.54 Å². The topological polar surface area (TPSA) is 35.2 Å². The molecule has 19 heavy (non-hydrogen) atoms. The summed E-state index contributed by atoms with van der Waals surface area (Å²) in [6.45, 7) is 4.69. The van der Waals surface area contributed by atoms with E-state index in [1.165, 1.54) is 11.1 Å². The molecule has 0 bridgehead atoms. The van der Waals surface area contributed by atoms with Gasteiger partial charge in [0.1, 0.15) is 11.9 Å². The summed E-state index contributed by atoms with van der Waals surface area (Å²) in [6, 6.07) is 16.5. The largest absolute Gasteiger partial charge is 0.484 e. The highest BCUT2D eigenvalue weighted by Crippen LogP contribution is 2.22. The highest BCUT2D eigenvalue weighted by atomic mass is 16.5. The second-order valence-corrected chi connectivity index (χ2v) is 4.75. The van der Waals surface area contributed by atoms with Gasteiger partial charge in [-0.05, 0) is 36.6 Å². The molecule has 1 unspecified atom stereocenters. The van der Waals surface area contributed by atoms with E-state index in [-0.39, 0.29) is 6.10 Å². The van der Waals surface area contributed by atoms with E-state index in [4.69, 9.17) is 10.5 Å². The lowest BCUT2D eigenvalue weighted by Crippen LogP contribution is -2.18. The summed E-state index contributed by atoms with van der Waals surface area (Å²) < 4.78 is 6.01. The Balaban J connectivity index is 2.16. The number of hydrogen-bond donors (Lipinski definition) is 1. The quantitative estimate of drug-likeness (QED) is 0.885. The van der Waals surface area contributed by atoms with Crippen LogP contribution >= 0.6 is 0 Å². The molecule has 100 valence electrons. The molecule has 0 amide bonds. The van der Waals surface area contributed by atoms with Crippen LogP contribution in [-0.4, -0.2) is 6.54 Å². The van der Waals surface area contributed by atoms with E-state index in [0.717, 1.165) is 17.7 Å². The van der Waals surface area contributed by atoms with E-state index in [0.29, 0.717) is 6.54 Å². The Labute approximate surface area is 115 Å². The summed E-state index contributed by atoms with van der Waals surface area (Å²) in [6.07, 6.45) is 0.919. The number of ether oxygens (including phenoxy) is 1. The third-order valence-electron chi connectivity index (χ3n) is 3.25. The molecule has 0 aliphatic rings. The van der Waals surface area contributed by atoms with Crippen molar-refractivity contribution in [1.82, 2.24) is 0 Å². The predicted molar refractivity (Wildman–Crippen MR) is 79.4 cm³/mol. The van der Waals surface area contributed by atoms with Gasteiger partial charge in [0.15, 0.2) is 0 Å². The Hall–Kier alpha value is -1.80. The summed E-state index contributed by atoms with van der Waals surface area (Å²) in [5.74, 6) is 0.885. The molecule has 2 aromatic rings. The maximum atomic E-state index is 6.01.